The number of hydrogen-bond acceptors (Lipinski definition) is 5. The third-order valence-electron chi connectivity index (χ3n) is 7.49. The summed E-state index contributed by atoms with van der Waals surface area (Å²) in [7, 11) is -3.73. The molecule has 0 spiro atoms. The number of nitrogens with zero attached hydrogens (tertiary/aromatic N) is 4. The predicted octanol–water partition coefficient (Wildman–Crippen LogP) is 2.92. The van der Waals surface area contributed by atoms with Crippen molar-refractivity contribution in [2.75, 3.05) is 6.54 Å². The molecule has 1 aromatic carbocycles. The van der Waals surface area contributed by atoms with Crippen molar-refractivity contribution in [2.45, 2.75) is 55.8 Å². The van der Waals surface area contributed by atoms with Crippen LogP contribution in [-0.4, -0.2) is 39.3 Å². The van der Waals surface area contributed by atoms with Crippen LogP contribution >= 0.6 is 0 Å². The van der Waals surface area contributed by atoms with Gasteiger partial charge in [0.1, 0.15) is 0 Å². The monoisotopic (exact) mass is 402 g/mol. The van der Waals surface area contributed by atoms with Gasteiger partial charge < -0.3 is 4.57 Å². The van der Waals surface area contributed by atoms with Crippen molar-refractivity contribution in [3.05, 3.63) is 28.3 Å². The van der Waals surface area contributed by atoms with Crippen LogP contribution in [0.3, 0.4) is 0 Å². The lowest BCUT2D eigenvalue weighted by Crippen LogP contribution is -2.63. The van der Waals surface area contributed by atoms with Gasteiger partial charge in [0.2, 0.25) is 5.16 Å². The van der Waals surface area contributed by atoms with E-state index in [2.05, 4.69) is 4.98 Å². The molecular formula is C19H22N4O4S. The molecule has 4 bridgehead atoms. The van der Waals surface area contributed by atoms with Gasteiger partial charge in [-0.25, -0.2) is 13.4 Å². The average molecular weight is 402 g/mol. The molecule has 4 saturated carbocycles. The van der Waals surface area contributed by atoms with Gasteiger partial charge in [-0.2, -0.15) is 4.31 Å². The van der Waals surface area contributed by atoms with E-state index >= 15 is 0 Å². The van der Waals surface area contributed by atoms with E-state index in [-0.39, 0.29) is 16.4 Å². The molecule has 0 radical (unpaired) electrons. The molecule has 0 saturated heterocycles. The molecule has 8 nitrogen and oxygen atoms in total. The Bertz CT molecular complexity index is 1090. The van der Waals surface area contributed by atoms with Gasteiger partial charge in [-0.05, 0) is 62.3 Å². The van der Waals surface area contributed by atoms with E-state index < -0.39 is 14.9 Å². The lowest BCUT2D eigenvalue weighted by molar-refractivity contribution is -0.384. The molecule has 2 heterocycles. The van der Waals surface area contributed by atoms with Gasteiger partial charge in [0.25, 0.3) is 15.7 Å². The standard InChI is InChI=1S/C19H22N4O4S/c24-23(25)15-1-2-17-16(8-15)20-18-21(17)3-4-22(28(18,26)27)19-9-12-5-13(10-19)7-14(6-12)11-19/h1-2,8,12-14H,3-7,9-11H2. The molecule has 9 heteroatoms. The summed E-state index contributed by atoms with van der Waals surface area (Å²) in [5, 5.41) is 11.1. The summed E-state index contributed by atoms with van der Waals surface area (Å²) in [6, 6.07) is 4.39. The zero-order valence-corrected chi connectivity index (χ0v) is 16.3. The van der Waals surface area contributed by atoms with Crippen LogP contribution in [0.2, 0.25) is 0 Å². The lowest BCUT2D eigenvalue weighted by atomic mass is 9.53. The number of benzene rings is 1. The SMILES string of the molecule is O=[N+]([O-])c1ccc2c(c1)nc1n2CCN(C23CC4CC(CC(C4)C2)C3)S1(=O)=O. The molecule has 28 heavy (non-hydrogen) atoms. The zero-order chi connectivity index (χ0) is 19.3. The summed E-state index contributed by atoms with van der Waals surface area (Å²) in [5.74, 6) is 1.97. The molecule has 0 amide bonds. The molecule has 2 aromatic rings. The fraction of sp³-hybridized carbons (Fsp3) is 0.632. The predicted molar refractivity (Wildman–Crippen MR) is 101 cm³/mol. The quantitative estimate of drug-likeness (QED) is 0.568. The normalized spacial score (nSPS) is 35.9. The number of sulfonamides is 1. The van der Waals surface area contributed by atoms with Crippen molar-refractivity contribution in [1.29, 1.82) is 0 Å². The van der Waals surface area contributed by atoms with Crippen LogP contribution in [0.5, 0.6) is 0 Å². The highest BCUT2D eigenvalue weighted by molar-refractivity contribution is 7.89. The third kappa shape index (κ3) is 2.14. The molecule has 4 fully saturated rings. The summed E-state index contributed by atoms with van der Waals surface area (Å²) < 4.78 is 30.7. The Kier molecular flexibility index (Phi) is 3.22. The Labute approximate surface area is 162 Å². The minimum absolute atomic E-state index is 0.0463. The Morgan fingerprint density at radius 2 is 1.71 bits per heavy atom. The van der Waals surface area contributed by atoms with E-state index in [0.717, 1.165) is 19.3 Å². The molecule has 0 unspecified atom stereocenters. The summed E-state index contributed by atoms with van der Waals surface area (Å²) in [6.07, 6.45) is 6.71. The van der Waals surface area contributed by atoms with Crippen LogP contribution in [-0.2, 0) is 16.6 Å². The number of nitro groups is 1. The fourth-order valence-corrected chi connectivity index (χ4v) is 8.83. The van der Waals surface area contributed by atoms with Crippen LogP contribution in [0, 0.1) is 27.9 Å². The fourth-order valence-electron chi connectivity index (χ4n) is 6.89. The second kappa shape index (κ2) is 5.33. The first kappa shape index (κ1) is 16.9. The molecule has 0 atom stereocenters. The van der Waals surface area contributed by atoms with Crippen molar-refractivity contribution >= 4 is 26.7 Å². The summed E-state index contributed by atoms with van der Waals surface area (Å²) in [4.78, 5) is 14.9. The summed E-state index contributed by atoms with van der Waals surface area (Å²) in [6.45, 7) is 1.01. The lowest BCUT2D eigenvalue weighted by Gasteiger charge is -2.60. The number of nitro benzene ring substituents is 1. The van der Waals surface area contributed by atoms with Gasteiger partial charge in [0.05, 0.1) is 16.0 Å². The first-order chi connectivity index (χ1) is 13.4. The molecule has 4 aliphatic carbocycles. The van der Waals surface area contributed by atoms with Crippen LogP contribution in [0.15, 0.2) is 23.4 Å². The van der Waals surface area contributed by atoms with Crippen LogP contribution in [0.4, 0.5) is 5.69 Å². The van der Waals surface area contributed by atoms with Gasteiger partial charge in [-0.3, -0.25) is 10.1 Å². The number of aromatic nitrogens is 2. The number of rotatable bonds is 2. The third-order valence-corrected chi connectivity index (χ3v) is 9.41. The van der Waals surface area contributed by atoms with Crippen molar-refractivity contribution in [2.24, 2.45) is 17.8 Å². The molecule has 148 valence electrons. The maximum atomic E-state index is 13.6. The van der Waals surface area contributed by atoms with Gasteiger partial charge in [-0.1, -0.05) is 0 Å². The number of imidazole rings is 1. The van der Waals surface area contributed by atoms with E-state index in [1.807, 2.05) is 0 Å². The van der Waals surface area contributed by atoms with Crippen LogP contribution in [0.1, 0.15) is 38.5 Å². The second-order valence-electron chi connectivity index (χ2n) is 9.20. The highest BCUT2D eigenvalue weighted by Gasteiger charge is 2.57. The van der Waals surface area contributed by atoms with Crippen molar-refractivity contribution in [3.63, 3.8) is 0 Å². The topological polar surface area (TPSA) is 98.3 Å². The van der Waals surface area contributed by atoms with Crippen LogP contribution < -0.4 is 0 Å². The molecule has 5 aliphatic rings. The van der Waals surface area contributed by atoms with Gasteiger partial charge in [0, 0.05) is 30.8 Å². The average Bonchev–Trinajstić information content (AvgIpc) is 2.99. The van der Waals surface area contributed by atoms with Crippen LogP contribution in [0.25, 0.3) is 11.0 Å². The zero-order valence-electron chi connectivity index (χ0n) is 15.5. The Hall–Kier alpha value is -2.00. The molecule has 0 N–H and O–H groups in total. The number of hydrogen-bond donors (Lipinski definition) is 0. The highest BCUT2D eigenvalue weighted by atomic mass is 32.2. The first-order valence-electron chi connectivity index (χ1n) is 10.0. The second-order valence-corrected chi connectivity index (χ2v) is 11.0. The highest BCUT2D eigenvalue weighted by Crippen LogP contribution is 2.58. The largest absolute Gasteiger partial charge is 0.312 e. The van der Waals surface area contributed by atoms with Crippen molar-refractivity contribution in [1.82, 2.24) is 13.9 Å². The Morgan fingerprint density at radius 3 is 2.32 bits per heavy atom. The van der Waals surface area contributed by atoms with Crippen molar-refractivity contribution < 1.29 is 13.3 Å². The maximum absolute atomic E-state index is 13.6. The van der Waals surface area contributed by atoms with E-state index in [9.17, 15) is 18.5 Å². The minimum atomic E-state index is -3.73. The molecule has 1 aromatic heterocycles. The van der Waals surface area contributed by atoms with E-state index in [1.54, 1.807) is 14.9 Å². The van der Waals surface area contributed by atoms with Gasteiger partial charge >= 0.3 is 0 Å². The van der Waals surface area contributed by atoms with E-state index in [4.69, 9.17) is 0 Å². The van der Waals surface area contributed by atoms with E-state index in [0.29, 0.717) is 41.9 Å². The molecule has 1 aliphatic heterocycles. The Balaban J connectivity index is 1.46. The smallest absolute Gasteiger partial charge is 0.277 e. The van der Waals surface area contributed by atoms with Crippen molar-refractivity contribution in [3.8, 4) is 0 Å². The maximum Gasteiger partial charge on any atom is 0.277 e. The summed E-state index contributed by atoms with van der Waals surface area (Å²) >= 11 is 0. The van der Waals surface area contributed by atoms with Gasteiger partial charge in [-0.15, -0.1) is 0 Å². The minimum Gasteiger partial charge on any atom is -0.312 e. The molecule has 7 rings (SSSR count). The van der Waals surface area contributed by atoms with E-state index in [1.165, 1.54) is 31.4 Å². The number of non-ortho nitro benzene ring substituents is 1. The first-order valence-corrected chi connectivity index (χ1v) is 11.5. The molecular weight excluding hydrogens is 380 g/mol. The number of fused-ring (bicyclic) bond motifs is 3. The van der Waals surface area contributed by atoms with Gasteiger partial charge in [0.15, 0.2) is 0 Å². The Morgan fingerprint density at radius 1 is 1.07 bits per heavy atom. The summed E-state index contributed by atoms with van der Waals surface area (Å²) in [5.41, 5.74) is 0.705.